The van der Waals surface area contributed by atoms with E-state index in [1.54, 1.807) is 19.1 Å². The molecule has 0 aliphatic rings. The number of aromatic nitrogens is 1. The van der Waals surface area contributed by atoms with Crippen molar-refractivity contribution in [2.24, 2.45) is 0 Å². The molecule has 0 saturated heterocycles. The van der Waals surface area contributed by atoms with E-state index in [9.17, 15) is 18.0 Å². The zero-order valence-corrected chi connectivity index (χ0v) is 15.3. The number of halogens is 3. The van der Waals surface area contributed by atoms with Crippen LogP contribution in [0.1, 0.15) is 16.8 Å². The first-order valence-electron chi connectivity index (χ1n) is 8.53. The van der Waals surface area contributed by atoms with Crippen molar-refractivity contribution in [2.45, 2.75) is 20.1 Å². The molecular weight excluding hydrogens is 387 g/mol. The van der Waals surface area contributed by atoms with Gasteiger partial charge < -0.3 is 14.0 Å². The Morgan fingerprint density at radius 2 is 1.83 bits per heavy atom. The molecule has 0 radical (unpaired) electrons. The Hall–Kier alpha value is -3.55. The zero-order chi connectivity index (χ0) is 20.8. The third-order valence-corrected chi connectivity index (χ3v) is 4.00. The van der Waals surface area contributed by atoms with E-state index in [4.69, 9.17) is 9.26 Å². The number of alkyl halides is 2. The van der Waals surface area contributed by atoms with Gasteiger partial charge in [0.05, 0.1) is 0 Å². The van der Waals surface area contributed by atoms with Gasteiger partial charge in [0.2, 0.25) is 0 Å². The van der Waals surface area contributed by atoms with Crippen LogP contribution in [0.5, 0.6) is 5.75 Å². The molecule has 0 N–H and O–H groups in total. The van der Waals surface area contributed by atoms with Crippen molar-refractivity contribution in [3.63, 3.8) is 0 Å². The Labute approximate surface area is 164 Å². The second-order valence-electron chi connectivity index (χ2n) is 5.98. The maximum Gasteiger partial charge on any atom is 0.387 e. The van der Waals surface area contributed by atoms with Crippen LogP contribution in [0.2, 0.25) is 0 Å². The molecule has 0 spiro atoms. The van der Waals surface area contributed by atoms with E-state index in [2.05, 4.69) is 9.89 Å². The van der Waals surface area contributed by atoms with E-state index in [0.29, 0.717) is 28.1 Å². The van der Waals surface area contributed by atoms with Crippen LogP contribution in [0.3, 0.4) is 0 Å². The highest BCUT2D eigenvalue weighted by Crippen LogP contribution is 2.26. The van der Waals surface area contributed by atoms with Gasteiger partial charge in [-0.15, -0.1) is 0 Å². The van der Waals surface area contributed by atoms with Crippen molar-refractivity contribution < 1.29 is 32.0 Å². The van der Waals surface area contributed by atoms with Crippen LogP contribution >= 0.6 is 0 Å². The van der Waals surface area contributed by atoms with E-state index in [1.807, 2.05) is 0 Å². The van der Waals surface area contributed by atoms with Crippen LogP contribution in [-0.2, 0) is 16.1 Å². The number of benzene rings is 2. The number of carbonyl (C=O) groups is 1. The zero-order valence-electron chi connectivity index (χ0n) is 15.3. The molecule has 0 aliphatic heterocycles. The van der Waals surface area contributed by atoms with Crippen LogP contribution in [0, 0.1) is 12.7 Å². The van der Waals surface area contributed by atoms with Crippen molar-refractivity contribution in [3.05, 3.63) is 77.2 Å². The molecule has 0 aliphatic carbocycles. The smallest absolute Gasteiger partial charge is 0.387 e. The number of hydrogen-bond donors (Lipinski definition) is 0. The standard InChI is InChI=1S/C21H16F3NO4/c1-13-18(25-29-20(13)15-5-7-16(22)8-6-15)12-27-19(26)11-4-14-2-9-17(10-3-14)28-21(23)24/h2-11,21H,12H2,1H3/b11-4+. The van der Waals surface area contributed by atoms with Crippen molar-refractivity contribution in [1.82, 2.24) is 5.16 Å². The highest BCUT2D eigenvalue weighted by molar-refractivity contribution is 5.87. The maximum absolute atomic E-state index is 13.0. The highest BCUT2D eigenvalue weighted by Gasteiger charge is 2.15. The molecule has 0 atom stereocenters. The fraction of sp³-hybridized carbons (Fsp3) is 0.143. The first kappa shape index (κ1) is 20.2. The summed E-state index contributed by atoms with van der Waals surface area (Å²) in [7, 11) is 0. The van der Waals surface area contributed by atoms with Gasteiger partial charge in [-0.2, -0.15) is 8.78 Å². The lowest BCUT2D eigenvalue weighted by molar-refractivity contribution is -0.139. The molecular formula is C21H16F3NO4. The van der Waals surface area contributed by atoms with Crippen LogP contribution < -0.4 is 4.74 Å². The first-order chi connectivity index (χ1) is 13.9. The Balaban J connectivity index is 1.57. The molecule has 0 bridgehead atoms. The first-order valence-corrected chi connectivity index (χ1v) is 8.53. The second kappa shape index (κ2) is 9.09. The van der Waals surface area contributed by atoms with Gasteiger partial charge in [0.25, 0.3) is 0 Å². The van der Waals surface area contributed by atoms with Gasteiger partial charge in [0, 0.05) is 17.2 Å². The topological polar surface area (TPSA) is 61.6 Å². The van der Waals surface area contributed by atoms with Gasteiger partial charge in [-0.05, 0) is 55.0 Å². The molecule has 1 heterocycles. The predicted octanol–water partition coefficient (Wildman–Crippen LogP) is 5.15. The van der Waals surface area contributed by atoms with Crippen molar-refractivity contribution in [2.75, 3.05) is 0 Å². The average Bonchev–Trinajstić information content (AvgIpc) is 3.06. The normalized spacial score (nSPS) is 11.2. The van der Waals surface area contributed by atoms with Crippen molar-refractivity contribution in [1.29, 1.82) is 0 Å². The van der Waals surface area contributed by atoms with Gasteiger partial charge >= 0.3 is 12.6 Å². The quantitative estimate of drug-likeness (QED) is 0.403. The molecule has 5 nitrogen and oxygen atoms in total. The Bertz CT molecular complexity index is 996. The molecule has 0 fully saturated rings. The summed E-state index contributed by atoms with van der Waals surface area (Å²) in [6.07, 6.45) is 2.69. The molecule has 0 unspecified atom stereocenters. The largest absolute Gasteiger partial charge is 0.456 e. The van der Waals surface area contributed by atoms with E-state index in [0.717, 1.165) is 0 Å². The number of esters is 1. The lowest BCUT2D eigenvalue weighted by Gasteiger charge is -2.03. The van der Waals surface area contributed by atoms with Gasteiger partial charge in [-0.25, -0.2) is 9.18 Å². The van der Waals surface area contributed by atoms with Crippen LogP contribution in [-0.4, -0.2) is 17.7 Å². The predicted molar refractivity (Wildman–Crippen MR) is 98.5 cm³/mol. The number of rotatable bonds is 7. The number of hydrogen-bond acceptors (Lipinski definition) is 5. The van der Waals surface area contributed by atoms with Crippen LogP contribution in [0.4, 0.5) is 13.2 Å². The van der Waals surface area contributed by atoms with Crippen molar-refractivity contribution >= 4 is 12.0 Å². The highest BCUT2D eigenvalue weighted by atomic mass is 19.3. The van der Waals surface area contributed by atoms with Crippen molar-refractivity contribution in [3.8, 4) is 17.1 Å². The molecule has 3 aromatic rings. The molecule has 150 valence electrons. The summed E-state index contributed by atoms with van der Waals surface area (Å²) in [5, 5.41) is 3.89. The fourth-order valence-electron chi connectivity index (χ4n) is 2.49. The lowest BCUT2D eigenvalue weighted by atomic mass is 10.1. The molecule has 2 aromatic carbocycles. The summed E-state index contributed by atoms with van der Waals surface area (Å²) in [5.41, 5.74) is 2.40. The van der Waals surface area contributed by atoms with Gasteiger partial charge in [0.1, 0.15) is 23.9 Å². The van der Waals surface area contributed by atoms with E-state index < -0.39 is 12.6 Å². The number of ether oxygens (including phenoxy) is 2. The monoisotopic (exact) mass is 403 g/mol. The minimum absolute atomic E-state index is 0.0261. The Kier molecular flexibility index (Phi) is 6.33. The fourth-order valence-corrected chi connectivity index (χ4v) is 2.49. The number of carbonyl (C=O) groups excluding carboxylic acids is 1. The summed E-state index contributed by atoms with van der Waals surface area (Å²) >= 11 is 0. The van der Waals surface area contributed by atoms with Gasteiger partial charge in [-0.1, -0.05) is 17.3 Å². The molecule has 3 rings (SSSR count). The molecule has 1 aromatic heterocycles. The third kappa shape index (κ3) is 5.47. The summed E-state index contributed by atoms with van der Waals surface area (Å²) in [5.74, 6) is -0.470. The van der Waals surface area contributed by atoms with E-state index in [1.165, 1.54) is 48.6 Å². The third-order valence-electron chi connectivity index (χ3n) is 4.00. The Morgan fingerprint density at radius 3 is 2.48 bits per heavy atom. The average molecular weight is 403 g/mol. The van der Waals surface area contributed by atoms with E-state index in [-0.39, 0.29) is 18.2 Å². The minimum Gasteiger partial charge on any atom is -0.456 e. The molecule has 0 saturated carbocycles. The Morgan fingerprint density at radius 1 is 1.14 bits per heavy atom. The second-order valence-corrected chi connectivity index (χ2v) is 5.98. The summed E-state index contributed by atoms with van der Waals surface area (Å²) < 4.78 is 51.9. The molecule has 8 heteroatoms. The molecule has 0 amide bonds. The SMILES string of the molecule is Cc1c(COC(=O)/C=C/c2ccc(OC(F)F)cc2)noc1-c1ccc(F)cc1. The molecule has 29 heavy (non-hydrogen) atoms. The summed E-state index contributed by atoms with van der Waals surface area (Å²) in [4.78, 5) is 11.9. The number of nitrogens with zero attached hydrogens (tertiary/aromatic N) is 1. The van der Waals surface area contributed by atoms with Gasteiger partial charge in [-0.3, -0.25) is 0 Å². The maximum atomic E-state index is 13.0. The van der Waals surface area contributed by atoms with E-state index >= 15 is 0 Å². The minimum atomic E-state index is -2.89. The van der Waals surface area contributed by atoms with Crippen LogP contribution in [0.15, 0.2) is 59.1 Å². The summed E-state index contributed by atoms with van der Waals surface area (Å²) in [6, 6.07) is 11.6. The van der Waals surface area contributed by atoms with Gasteiger partial charge in [0.15, 0.2) is 5.76 Å². The summed E-state index contributed by atoms with van der Waals surface area (Å²) in [6.45, 7) is -1.23. The van der Waals surface area contributed by atoms with Crippen LogP contribution in [0.25, 0.3) is 17.4 Å². The lowest BCUT2D eigenvalue weighted by Crippen LogP contribution is -2.02.